The van der Waals surface area contributed by atoms with E-state index in [1.807, 2.05) is 55.5 Å². The average molecular weight is 245 g/mol. The Bertz CT molecular complexity index is 849. The van der Waals surface area contributed by atoms with Crippen molar-refractivity contribution in [1.82, 2.24) is 4.98 Å². The minimum absolute atomic E-state index is 0.0985. The molecule has 0 spiro atoms. The normalized spacial score (nSPS) is 12.6. The van der Waals surface area contributed by atoms with Crippen molar-refractivity contribution >= 4 is 16.7 Å². The Morgan fingerprint density at radius 2 is 1.58 bits per heavy atom. The maximum Gasteiger partial charge on any atom is 0.196 e. The third kappa shape index (κ3) is 1.26. The van der Waals surface area contributed by atoms with Gasteiger partial charge in [-0.25, -0.2) is 4.98 Å². The van der Waals surface area contributed by atoms with Gasteiger partial charge in [0.1, 0.15) is 0 Å². The Kier molecular flexibility index (Phi) is 1.93. The quantitative estimate of drug-likeness (QED) is 0.472. The van der Waals surface area contributed by atoms with Gasteiger partial charge in [0.15, 0.2) is 5.78 Å². The van der Waals surface area contributed by atoms with E-state index in [1.54, 1.807) is 0 Å². The van der Waals surface area contributed by atoms with Crippen molar-refractivity contribution in [2.75, 3.05) is 0 Å². The van der Waals surface area contributed by atoms with Gasteiger partial charge >= 0.3 is 0 Å². The molecule has 3 aromatic rings. The lowest BCUT2D eigenvalue weighted by Gasteiger charge is -2.07. The maximum absolute atomic E-state index is 12.5. The Labute approximate surface area is 110 Å². The Hall–Kier alpha value is -2.48. The summed E-state index contributed by atoms with van der Waals surface area (Å²) >= 11 is 0. The monoisotopic (exact) mass is 245 g/mol. The number of hydrogen-bond acceptors (Lipinski definition) is 2. The highest BCUT2D eigenvalue weighted by Gasteiger charge is 2.30. The molecule has 1 aliphatic rings. The molecule has 1 aromatic heterocycles. The number of benzene rings is 2. The van der Waals surface area contributed by atoms with E-state index in [9.17, 15) is 4.79 Å². The average Bonchev–Trinajstić information content (AvgIpc) is 2.74. The maximum atomic E-state index is 12.5. The summed E-state index contributed by atoms with van der Waals surface area (Å²) in [5, 5.41) is 1.06. The molecule has 19 heavy (non-hydrogen) atoms. The second-order valence-electron chi connectivity index (χ2n) is 4.85. The van der Waals surface area contributed by atoms with Gasteiger partial charge in [0.05, 0.1) is 16.8 Å². The van der Waals surface area contributed by atoms with E-state index >= 15 is 0 Å². The lowest BCUT2D eigenvalue weighted by Crippen LogP contribution is -1.99. The van der Waals surface area contributed by atoms with Gasteiger partial charge in [-0.05, 0) is 18.6 Å². The van der Waals surface area contributed by atoms with Crippen molar-refractivity contribution in [3.05, 3.63) is 65.2 Å². The van der Waals surface area contributed by atoms with Gasteiger partial charge in [0.2, 0.25) is 0 Å². The topological polar surface area (TPSA) is 30.0 Å². The first-order valence-electron chi connectivity index (χ1n) is 6.31. The molecule has 0 atom stereocenters. The summed E-state index contributed by atoms with van der Waals surface area (Å²) in [6.07, 6.45) is 0. The van der Waals surface area contributed by atoms with Gasteiger partial charge in [-0.15, -0.1) is 0 Å². The third-order valence-corrected chi connectivity index (χ3v) is 3.81. The first-order valence-corrected chi connectivity index (χ1v) is 6.31. The van der Waals surface area contributed by atoms with Crippen molar-refractivity contribution in [2.45, 2.75) is 6.92 Å². The standard InChI is InChI=1S/C17H11NO/c1-10-11-6-4-5-9-14(11)18-16-12-7-2-3-8-13(12)17(19)15(10)16/h2-9H,1H3. The summed E-state index contributed by atoms with van der Waals surface area (Å²) in [6, 6.07) is 15.7. The molecule has 2 nitrogen and oxygen atoms in total. The second kappa shape index (κ2) is 3.51. The van der Waals surface area contributed by atoms with E-state index in [-0.39, 0.29) is 5.78 Å². The van der Waals surface area contributed by atoms with E-state index in [0.717, 1.165) is 38.9 Å². The Morgan fingerprint density at radius 3 is 2.42 bits per heavy atom. The van der Waals surface area contributed by atoms with Gasteiger partial charge in [-0.3, -0.25) is 4.79 Å². The van der Waals surface area contributed by atoms with Gasteiger partial charge < -0.3 is 0 Å². The molecule has 2 aromatic carbocycles. The molecule has 0 aliphatic heterocycles. The highest BCUT2D eigenvalue weighted by molar-refractivity contribution is 6.23. The van der Waals surface area contributed by atoms with Crippen LogP contribution in [0.2, 0.25) is 0 Å². The number of nitrogens with zero attached hydrogens (tertiary/aromatic N) is 1. The molecule has 0 bridgehead atoms. The van der Waals surface area contributed by atoms with Gasteiger partial charge in [-0.1, -0.05) is 42.5 Å². The minimum Gasteiger partial charge on any atom is -0.288 e. The first-order chi connectivity index (χ1) is 9.27. The molecule has 0 unspecified atom stereocenters. The number of carbonyl (C=O) groups excluding carboxylic acids is 1. The van der Waals surface area contributed by atoms with Crippen molar-refractivity contribution in [2.24, 2.45) is 0 Å². The number of rotatable bonds is 0. The molecular weight excluding hydrogens is 234 g/mol. The predicted molar refractivity (Wildman–Crippen MR) is 75.3 cm³/mol. The highest BCUT2D eigenvalue weighted by Crippen LogP contribution is 2.38. The fourth-order valence-corrected chi connectivity index (χ4v) is 2.87. The Morgan fingerprint density at radius 1 is 0.895 bits per heavy atom. The number of aryl methyl sites for hydroxylation is 1. The van der Waals surface area contributed by atoms with Crippen molar-refractivity contribution in [3.63, 3.8) is 0 Å². The number of fused-ring (bicyclic) bond motifs is 4. The smallest absolute Gasteiger partial charge is 0.196 e. The van der Waals surface area contributed by atoms with Crippen LogP contribution in [0.1, 0.15) is 21.5 Å². The molecular formula is C17H11NO. The van der Waals surface area contributed by atoms with E-state index in [1.165, 1.54) is 0 Å². The lowest BCUT2D eigenvalue weighted by molar-refractivity contribution is 0.104. The molecule has 2 heteroatoms. The van der Waals surface area contributed by atoms with Crippen molar-refractivity contribution < 1.29 is 4.79 Å². The van der Waals surface area contributed by atoms with Gasteiger partial charge in [-0.2, -0.15) is 0 Å². The lowest BCUT2D eigenvalue weighted by atomic mass is 10.0. The number of para-hydroxylation sites is 1. The summed E-state index contributed by atoms with van der Waals surface area (Å²) in [7, 11) is 0. The zero-order chi connectivity index (χ0) is 13.0. The highest BCUT2D eigenvalue weighted by atomic mass is 16.1. The van der Waals surface area contributed by atoms with Gasteiger partial charge in [0.25, 0.3) is 0 Å². The third-order valence-electron chi connectivity index (χ3n) is 3.81. The molecule has 0 radical (unpaired) electrons. The second-order valence-corrected chi connectivity index (χ2v) is 4.85. The van der Waals surface area contributed by atoms with Crippen LogP contribution >= 0.6 is 0 Å². The fraction of sp³-hybridized carbons (Fsp3) is 0.0588. The predicted octanol–water partition coefficient (Wildman–Crippen LogP) is 3.75. The number of pyridine rings is 1. The summed E-state index contributed by atoms with van der Waals surface area (Å²) in [5.74, 6) is 0.0985. The van der Waals surface area contributed by atoms with E-state index in [4.69, 9.17) is 0 Å². The fourth-order valence-electron chi connectivity index (χ4n) is 2.87. The van der Waals surface area contributed by atoms with Crippen LogP contribution in [0.4, 0.5) is 0 Å². The summed E-state index contributed by atoms with van der Waals surface area (Å²) in [6.45, 7) is 2.01. The van der Waals surface area contributed by atoms with E-state index < -0.39 is 0 Å². The summed E-state index contributed by atoms with van der Waals surface area (Å²) < 4.78 is 0. The number of aromatic nitrogens is 1. The van der Waals surface area contributed by atoms with Gasteiger partial charge in [0, 0.05) is 16.5 Å². The molecule has 0 N–H and O–H groups in total. The molecule has 1 heterocycles. The van der Waals surface area contributed by atoms with Crippen LogP contribution in [-0.2, 0) is 0 Å². The molecule has 90 valence electrons. The molecule has 0 fully saturated rings. The SMILES string of the molecule is Cc1c2c(nc3ccccc13)-c1ccccc1C2=O. The molecule has 0 saturated heterocycles. The molecule has 0 amide bonds. The zero-order valence-corrected chi connectivity index (χ0v) is 10.5. The molecule has 0 saturated carbocycles. The van der Waals surface area contributed by atoms with Crippen molar-refractivity contribution in [3.8, 4) is 11.3 Å². The number of carbonyl (C=O) groups is 1. The Balaban J connectivity index is 2.19. The number of hydrogen-bond donors (Lipinski definition) is 0. The number of ketones is 1. The molecule has 4 rings (SSSR count). The van der Waals surface area contributed by atoms with Crippen LogP contribution in [0, 0.1) is 6.92 Å². The minimum atomic E-state index is 0.0985. The van der Waals surface area contributed by atoms with Crippen molar-refractivity contribution in [1.29, 1.82) is 0 Å². The largest absolute Gasteiger partial charge is 0.288 e. The van der Waals surface area contributed by atoms with Crippen LogP contribution < -0.4 is 0 Å². The van der Waals surface area contributed by atoms with Crippen LogP contribution in [0.25, 0.3) is 22.2 Å². The van der Waals surface area contributed by atoms with Crippen LogP contribution in [0.15, 0.2) is 48.5 Å². The molecule has 1 aliphatic carbocycles. The first kappa shape index (κ1) is 10.4. The van der Waals surface area contributed by atoms with E-state index in [2.05, 4.69) is 4.98 Å². The zero-order valence-electron chi connectivity index (χ0n) is 10.5. The van der Waals surface area contributed by atoms with Crippen LogP contribution in [0.3, 0.4) is 0 Å². The summed E-state index contributed by atoms with van der Waals surface area (Å²) in [5.41, 5.74) is 5.29. The summed E-state index contributed by atoms with van der Waals surface area (Å²) in [4.78, 5) is 17.2. The van der Waals surface area contributed by atoms with Crippen LogP contribution in [0.5, 0.6) is 0 Å². The van der Waals surface area contributed by atoms with E-state index in [0.29, 0.717) is 0 Å². The van der Waals surface area contributed by atoms with Crippen LogP contribution in [-0.4, -0.2) is 10.8 Å².